The lowest BCUT2D eigenvalue weighted by atomic mass is 9.79. The van der Waals surface area contributed by atoms with Gasteiger partial charge >= 0.3 is 0 Å². The van der Waals surface area contributed by atoms with E-state index in [0.717, 1.165) is 111 Å². The molecular weight excluding hydrogens is 715 g/mol. The van der Waals surface area contributed by atoms with E-state index < -0.39 is 0 Å². The van der Waals surface area contributed by atoms with E-state index in [1.807, 2.05) is 0 Å². The Kier molecular flexibility index (Phi) is 8.52. The van der Waals surface area contributed by atoms with E-state index in [0.29, 0.717) is 0 Å². The molecule has 0 aliphatic carbocycles. The number of hydrogen-bond acceptors (Lipinski definition) is 2. The fraction of sp³-hybridized carbons (Fsp3) is 0. The van der Waals surface area contributed by atoms with E-state index in [1.54, 1.807) is 0 Å². The second-order valence-electron chi connectivity index (χ2n) is 14.9. The van der Waals surface area contributed by atoms with E-state index in [1.165, 1.54) is 0 Å². The normalized spacial score (nSPS) is 12.1. The molecule has 59 heavy (non-hydrogen) atoms. The van der Waals surface area contributed by atoms with E-state index >= 15 is 0 Å². The Balaban J connectivity index is 1.37. The summed E-state index contributed by atoms with van der Waals surface area (Å²) in [4.78, 5) is 5.89. The molecule has 2 nitrogen and oxygen atoms in total. The molecule has 0 spiro atoms. The van der Waals surface area contributed by atoms with Gasteiger partial charge in [-0.2, -0.15) is 0 Å². The van der Waals surface area contributed by atoms with Crippen LogP contribution in [0.4, 0.5) is 0 Å². The Hall–Kier alpha value is -7.81. The predicted octanol–water partition coefficient (Wildman–Crippen LogP) is 15.0. The minimum Gasteiger partial charge on any atom is -0.455 e. The molecule has 0 saturated carbocycles. The first-order chi connectivity index (χ1) is 29.3. The van der Waals surface area contributed by atoms with Crippen molar-refractivity contribution in [3.63, 3.8) is 0 Å². The lowest BCUT2D eigenvalue weighted by Gasteiger charge is -2.30. The molecule has 1 aliphatic rings. The van der Waals surface area contributed by atoms with Crippen molar-refractivity contribution in [3.05, 3.63) is 241 Å². The second kappa shape index (κ2) is 14.6. The Morgan fingerprint density at radius 3 is 1.31 bits per heavy atom. The number of pyridine rings is 1. The highest BCUT2D eigenvalue weighted by atomic mass is 16.5. The number of nitrogens with zero attached hydrogens (tertiary/aromatic N) is 1. The summed E-state index contributed by atoms with van der Waals surface area (Å²) in [5, 5.41) is 4.38. The maximum absolute atomic E-state index is 7.64. The lowest BCUT2D eigenvalue weighted by Crippen LogP contribution is -2.10. The number of rotatable bonds is 7. The molecule has 2 heteroatoms. The number of fused-ring (bicyclic) bond motifs is 1. The fourth-order valence-electron chi connectivity index (χ4n) is 8.95. The van der Waals surface area contributed by atoms with Crippen LogP contribution in [0.5, 0.6) is 5.75 Å². The van der Waals surface area contributed by atoms with Crippen molar-refractivity contribution in [2.45, 2.75) is 0 Å². The monoisotopic (exact) mass is 751 g/mol. The van der Waals surface area contributed by atoms with Gasteiger partial charge in [0, 0.05) is 38.6 Å². The molecule has 2 heterocycles. The maximum atomic E-state index is 7.64. The summed E-state index contributed by atoms with van der Waals surface area (Å²) in [6.07, 6.45) is 0. The highest BCUT2D eigenvalue weighted by molar-refractivity contribution is 6.22. The Labute approximate surface area is 344 Å². The van der Waals surface area contributed by atoms with Gasteiger partial charge in [-0.05, 0) is 44.2 Å². The van der Waals surface area contributed by atoms with Gasteiger partial charge in [-0.25, -0.2) is 4.98 Å². The van der Waals surface area contributed by atoms with Crippen LogP contribution in [0.1, 0.15) is 16.7 Å². The highest BCUT2D eigenvalue weighted by Crippen LogP contribution is 2.57. The minimum absolute atomic E-state index is 0.803. The van der Waals surface area contributed by atoms with Crippen LogP contribution in [0.3, 0.4) is 0 Å². The average Bonchev–Trinajstić information content (AvgIpc) is 3.32. The summed E-state index contributed by atoms with van der Waals surface area (Å²) in [5.41, 5.74) is 14.8. The largest absolute Gasteiger partial charge is 0.455 e. The van der Waals surface area contributed by atoms with Crippen molar-refractivity contribution in [2.75, 3.05) is 0 Å². The molecule has 0 bridgehead atoms. The number of ether oxygens (including phenoxy) is 1. The van der Waals surface area contributed by atoms with Gasteiger partial charge in [-0.1, -0.05) is 224 Å². The van der Waals surface area contributed by atoms with Crippen LogP contribution < -0.4 is 4.74 Å². The van der Waals surface area contributed by atoms with E-state index in [4.69, 9.17) is 9.72 Å². The molecule has 1 aliphatic heterocycles. The standard InChI is InChI=1S/C57H37NO/c1-7-22-38(23-8-1)48-46-36-21-37-47-50(40-26-11-3-12-27-40)56(43-32-17-6-18-33-43)59-57(52(46)47)53(51(48)41-28-13-4-14-29-41)55-45-35-20-19-34-44(45)49(39-24-9-2-10-25-39)54(58-55)42-30-15-5-16-31-42/h1-37H. The maximum Gasteiger partial charge on any atom is 0.146 e. The number of aromatic nitrogens is 1. The molecule has 0 unspecified atom stereocenters. The zero-order valence-corrected chi connectivity index (χ0v) is 32.2. The summed E-state index contributed by atoms with van der Waals surface area (Å²) in [5.74, 6) is 1.62. The molecule has 0 N–H and O–H groups in total. The Bertz CT molecular complexity index is 3180. The fourth-order valence-corrected chi connectivity index (χ4v) is 8.95. The molecule has 9 aromatic carbocycles. The highest BCUT2D eigenvalue weighted by Gasteiger charge is 2.34. The minimum atomic E-state index is 0.803. The number of hydrogen-bond donors (Lipinski definition) is 0. The van der Waals surface area contributed by atoms with Gasteiger partial charge in [0.25, 0.3) is 0 Å². The first-order valence-electron chi connectivity index (χ1n) is 20.1. The van der Waals surface area contributed by atoms with Gasteiger partial charge in [-0.3, -0.25) is 0 Å². The van der Waals surface area contributed by atoms with Gasteiger partial charge in [0.15, 0.2) is 0 Å². The quantitative estimate of drug-likeness (QED) is 0.162. The first-order valence-corrected chi connectivity index (χ1v) is 20.1. The summed E-state index contributed by atoms with van der Waals surface area (Å²) in [6.45, 7) is 0. The van der Waals surface area contributed by atoms with E-state index in [9.17, 15) is 0 Å². The van der Waals surface area contributed by atoms with E-state index in [2.05, 4.69) is 224 Å². The van der Waals surface area contributed by atoms with Crippen molar-refractivity contribution < 1.29 is 4.74 Å². The van der Waals surface area contributed by atoms with Crippen molar-refractivity contribution in [1.29, 1.82) is 0 Å². The third-order valence-electron chi connectivity index (χ3n) is 11.5. The molecule has 0 radical (unpaired) electrons. The zero-order valence-electron chi connectivity index (χ0n) is 32.2. The van der Waals surface area contributed by atoms with Crippen LogP contribution in [-0.2, 0) is 0 Å². The summed E-state index contributed by atoms with van der Waals surface area (Å²) >= 11 is 0. The third-order valence-corrected chi connectivity index (χ3v) is 11.5. The van der Waals surface area contributed by atoms with Crippen LogP contribution in [0.15, 0.2) is 224 Å². The molecule has 0 atom stereocenters. The molecule has 0 fully saturated rings. The predicted molar refractivity (Wildman–Crippen MR) is 246 cm³/mol. The van der Waals surface area contributed by atoms with Crippen molar-refractivity contribution in [3.8, 4) is 61.6 Å². The van der Waals surface area contributed by atoms with Crippen LogP contribution in [-0.4, -0.2) is 4.98 Å². The summed E-state index contributed by atoms with van der Waals surface area (Å²) < 4.78 is 7.64. The van der Waals surface area contributed by atoms with E-state index in [-0.39, 0.29) is 0 Å². The first kappa shape index (κ1) is 34.4. The van der Waals surface area contributed by atoms with Gasteiger partial charge in [-0.15, -0.1) is 0 Å². The molecular formula is C57H37NO. The van der Waals surface area contributed by atoms with Crippen molar-refractivity contribution in [1.82, 2.24) is 4.98 Å². The molecule has 11 rings (SSSR count). The van der Waals surface area contributed by atoms with Crippen molar-refractivity contribution in [2.24, 2.45) is 0 Å². The number of benzene rings is 9. The van der Waals surface area contributed by atoms with Gasteiger partial charge in [0.05, 0.1) is 17.0 Å². The summed E-state index contributed by atoms with van der Waals surface area (Å²) in [7, 11) is 0. The summed E-state index contributed by atoms with van der Waals surface area (Å²) in [6, 6.07) is 79.5. The molecule has 1 aromatic heterocycles. The smallest absolute Gasteiger partial charge is 0.146 e. The van der Waals surface area contributed by atoms with Crippen molar-refractivity contribution >= 4 is 32.9 Å². The second-order valence-corrected chi connectivity index (χ2v) is 14.9. The SMILES string of the molecule is c1ccc(C2=C(c3ccccc3)c3cccc4c(-c5ccccc5)c(-c5ccccc5)c(-c5nc(-c6ccccc6)c(-c6ccccc6)c6ccccc56)c(c34)O2)cc1. The zero-order chi connectivity index (χ0) is 39.1. The third kappa shape index (κ3) is 5.85. The van der Waals surface area contributed by atoms with Gasteiger partial charge < -0.3 is 4.74 Å². The van der Waals surface area contributed by atoms with Crippen LogP contribution in [0.2, 0.25) is 0 Å². The topological polar surface area (TPSA) is 22.1 Å². The van der Waals surface area contributed by atoms with Crippen LogP contribution >= 0.6 is 0 Å². The molecule has 10 aromatic rings. The lowest BCUT2D eigenvalue weighted by molar-refractivity contribution is 0.521. The molecule has 0 saturated heterocycles. The van der Waals surface area contributed by atoms with Gasteiger partial charge in [0.1, 0.15) is 11.5 Å². The Morgan fingerprint density at radius 1 is 0.288 bits per heavy atom. The molecule has 0 amide bonds. The molecule has 276 valence electrons. The Morgan fingerprint density at radius 2 is 0.729 bits per heavy atom. The van der Waals surface area contributed by atoms with Crippen LogP contribution in [0, 0.1) is 0 Å². The average molecular weight is 752 g/mol. The van der Waals surface area contributed by atoms with Crippen LogP contribution in [0.25, 0.3) is 88.8 Å². The van der Waals surface area contributed by atoms with Gasteiger partial charge in [0.2, 0.25) is 0 Å².